The summed E-state index contributed by atoms with van der Waals surface area (Å²) in [7, 11) is -4.19. The Morgan fingerprint density at radius 3 is 2.21 bits per heavy atom. The highest BCUT2D eigenvalue weighted by molar-refractivity contribution is 7.89. The fraction of sp³-hybridized carbons (Fsp3) is 0.565. The van der Waals surface area contributed by atoms with Crippen LogP contribution in [0, 0.1) is 17.6 Å². The lowest BCUT2D eigenvalue weighted by atomic mass is 9.92. The summed E-state index contributed by atoms with van der Waals surface area (Å²) in [6, 6.07) is 4.23. The Bertz CT molecular complexity index is 1140. The minimum atomic E-state index is -4.19. The molecule has 0 unspecified atom stereocenters. The lowest BCUT2D eigenvalue weighted by molar-refractivity contribution is -0.121. The van der Waals surface area contributed by atoms with Crippen molar-refractivity contribution in [1.82, 2.24) is 14.1 Å². The number of nitrogens with one attached hydrogen (secondary N) is 1. The van der Waals surface area contributed by atoms with E-state index < -0.39 is 32.5 Å². The number of rotatable bonds is 4. The molecule has 0 spiro atoms. The van der Waals surface area contributed by atoms with Crippen LogP contribution in [0.3, 0.4) is 0 Å². The van der Waals surface area contributed by atoms with Gasteiger partial charge in [0, 0.05) is 30.5 Å². The van der Waals surface area contributed by atoms with Crippen LogP contribution in [0.4, 0.5) is 14.6 Å². The first-order valence-corrected chi connectivity index (χ1v) is 12.4. The average Bonchev–Trinajstić information content (AvgIpc) is 3.14. The number of halogens is 2. The Kier molecular flexibility index (Phi) is 6.74. The summed E-state index contributed by atoms with van der Waals surface area (Å²) >= 11 is 0. The molecule has 1 saturated heterocycles. The minimum Gasteiger partial charge on any atom is -0.311 e. The maximum Gasteiger partial charge on any atom is 0.246 e. The van der Waals surface area contributed by atoms with Crippen LogP contribution >= 0.6 is 0 Å². The molecule has 1 amide bonds. The van der Waals surface area contributed by atoms with Crippen molar-refractivity contribution >= 4 is 21.7 Å². The first-order valence-electron chi connectivity index (χ1n) is 11.0. The fourth-order valence-electron chi connectivity index (χ4n) is 3.75. The van der Waals surface area contributed by atoms with Crippen molar-refractivity contribution in [3.05, 3.63) is 41.6 Å². The van der Waals surface area contributed by atoms with Crippen LogP contribution < -0.4 is 5.32 Å². The van der Waals surface area contributed by atoms with Crippen molar-refractivity contribution in [1.29, 1.82) is 0 Å². The molecule has 0 aliphatic carbocycles. The molecular formula is C23H32F2N4O3S. The van der Waals surface area contributed by atoms with Crippen LogP contribution in [0.25, 0.3) is 0 Å². The van der Waals surface area contributed by atoms with E-state index in [0.717, 1.165) is 22.1 Å². The molecule has 1 aromatic carbocycles. The second kappa shape index (κ2) is 8.79. The van der Waals surface area contributed by atoms with Crippen LogP contribution in [0.1, 0.15) is 60.1 Å². The van der Waals surface area contributed by atoms with Gasteiger partial charge in [-0.1, -0.05) is 20.8 Å². The molecule has 0 bridgehead atoms. The molecule has 10 heteroatoms. The Morgan fingerprint density at radius 2 is 1.67 bits per heavy atom. The minimum absolute atomic E-state index is 0.0438. The molecule has 2 heterocycles. The highest BCUT2D eigenvalue weighted by Gasteiger charge is 2.34. The van der Waals surface area contributed by atoms with Crippen LogP contribution in [-0.2, 0) is 25.8 Å². The van der Waals surface area contributed by atoms with Crippen molar-refractivity contribution in [2.75, 3.05) is 18.4 Å². The summed E-state index contributed by atoms with van der Waals surface area (Å²) in [6.07, 6.45) is 0.551. The smallest absolute Gasteiger partial charge is 0.246 e. The molecule has 33 heavy (non-hydrogen) atoms. The summed E-state index contributed by atoms with van der Waals surface area (Å²) in [5, 5.41) is 7.66. The molecule has 182 valence electrons. The predicted octanol–water partition coefficient (Wildman–Crippen LogP) is 4.25. The van der Waals surface area contributed by atoms with Gasteiger partial charge in [0.25, 0.3) is 0 Å². The van der Waals surface area contributed by atoms with E-state index in [2.05, 4.69) is 5.32 Å². The Morgan fingerprint density at radius 1 is 1.06 bits per heavy atom. The molecule has 2 aromatic rings. The van der Waals surface area contributed by atoms with Crippen molar-refractivity contribution in [2.45, 2.75) is 70.2 Å². The summed E-state index contributed by atoms with van der Waals surface area (Å²) in [6.45, 7) is 12.2. The van der Waals surface area contributed by atoms with E-state index in [1.165, 1.54) is 0 Å². The zero-order valence-corrected chi connectivity index (χ0v) is 20.8. The highest BCUT2D eigenvalue weighted by atomic mass is 32.2. The van der Waals surface area contributed by atoms with E-state index in [1.807, 2.05) is 47.6 Å². The summed E-state index contributed by atoms with van der Waals surface area (Å²) in [5.41, 5.74) is 0.311. The number of hydrogen-bond donors (Lipinski definition) is 1. The van der Waals surface area contributed by atoms with Crippen molar-refractivity contribution in [3.63, 3.8) is 0 Å². The average molecular weight is 483 g/mol. The highest BCUT2D eigenvalue weighted by Crippen LogP contribution is 2.30. The predicted molar refractivity (Wildman–Crippen MR) is 122 cm³/mol. The quantitative estimate of drug-likeness (QED) is 0.706. The van der Waals surface area contributed by atoms with E-state index in [4.69, 9.17) is 5.10 Å². The number of carbonyl (C=O) groups excluding carboxylic acids is 1. The molecule has 0 saturated carbocycles. The number of aromatic nitrogens is 2. The maximum atomic E-state index is 14.0. The van der Waals surface area contributed by atoms with Crippen LogP contribution in [0.15, 0.2) is 29.2 Å². The number of benzene rings is 1. The van der Waals surface area contributed by atoms with Crippen LogP contribution in [0.2, 0.25) is 0 Å². The van der Waals surface area contributed by atoms with Crippen LogP contribution in [0.5, 0.6) is 0 Å². The molecule has 7 nitrogen and oxygen atoms in total. The zero-order chi connectivity index (χ0) is 24.8. The Balaban J connectivity index is 1.73. The normalized spacial score (nSPS) is 16.7. The van der Waals surface area contributed by atoms with E-state index >= 15 is 0 Å². The van der Waals surface area contributed by atoms with Gasteiger partial charge in [-0.25, -0.2) is 21.9 Å². The molecule has 1 aromatic heterocycles. The van der Waals surface area contributed by atoms with Gasteiger partial charge in [-0.3, -0.25) is 4.79 Å². The van der Waals surface area contributed by atoms with Gasteiger partial charge >= 0.3 is 0 Å². The first kappa shape index (κ1) is 25.3. The molecule has 3 rings (SSSR count). The second-order valence-electron chi connectivity index (χ2n) is 10.5. The summed E-state index contributed by atoms with van der Waals surface area (Å²) in [5.74, 6) is -1.85. The summed E-state index contributed by atoms with van der Waals surface area (Å²) in [4.78, 5) is 12.3. The second-order valence-corrected chi connectivity index (χ2v) is 12.4. The van der Waals surface area contributed by atoms with E-state index in [0.29, 0.717) is 11.9 Å². The molecular weight excluding hydrogens is 450 g/mol. The summed E-state index contributed by atoms with van der Waals surface area (Å²) < 4.78 is 56.0. The fourth-order valence-corrected chi connectivity index (χ4v) is 5.29. The number of amides is 1. The van der Waals surface area contributed by atoms with Crippen LogP contribution in [-0.4, -0.2) is 41.5 Å². The molecule has 1 aliphatic heterocycles. The third-order valence-electron chi connectivity index (χ3n) is 5.70. The van der Waals surface area contributed by atoms with E-state index in [9.17, 15) is 22.0 Å². The Labute approximate surface area is 194 Å². The van der Waals surface area contributed by atoms with Crippen molar-refractivity contribution < 1.29 is 22.0 Å². The van der Waals surface area contributed by atoms with Crippen molar-refractivity contribution in [2.24, 2.45) is 5.92 Å². The largest absolute Gasteiger partial charge is 0.311 e. The standard InChI is InChI=1S/C23H32F2N4O3S/c1-22(2,3)19-14-20(29(27-19)23(4,5)6)26-21(30)15-9-11-28(12-10-15)33(31,32)18-13-16(24)7-8-17(18)25/h7-8,13-15H,9-12H2,1-6H3,(H,26,30). The zero-order valence-electron chi connectivity index (χ0n) is 19.9. The topological polar surface area (TPSA) is 84.3 Å². The molecule has 1 fully saturated rings. The SMILES string of the molecule is CC(C)(C)c1cc(NC(=O)C2CCN(S(=O)(=O)c3cc(F)ccc3F)CC2)n(C(C)(C)C)n1. The van der Waals surface area contributed by atoms with Gasteiger partial charge < -0.3 is 5.32 Å². The number of anilines is 1. The number of carbonyl (C=O) groups is 1. The number of hydrogen-bond acceptors (Lipinski definition) is 4. The van der Waals surface area contributed by atoms with E-state index in [-0.39, 0.29) is 42.8 Å². The van der Waals surface area contributed by atoms with Gasteiger partial charge in [-0.15, -0.1) is 0 Å². The lowest BCUT2D eigenvalue weighted by Crippen LogP contribution is -2.42. The van der Waals surface area contributed by atoms with Gasteiger partial charge in [-0.05, 0) is 51.8 Å². The maximum absolute atomic E-state index is 14.0. The lowest BCUT2D eigenvalue weighted by Gasteiger charge is -2.31. The van der Waals surface area contributed by atoms with Gasteiger partial charge in [-0.2, -0.15) is 9.40 Å². The first-order chi connectivity index (χ1) is 15.1. The van der Waals surface area contributed by atoms with E-state index in [1.54, 1.807) is 4.68 Å². The number of piperidine rings is 1. The van der Waals surface area contributed by atoms with Crippen molar-refractivity contribution in [3.8, 4) is 0 Å². The Hall–Kier alpha value is -2.33. The molecule has 1 aliphatic rings. The molecule has 1 N–H and O–H groups in total. The third kappa shape index (κ3) is 5.43. The monoisotopic (exact) mass is 482 g/mol. The van der Waals surface area contributed by atoms with Gasteiger partial charge in [0.15, 0.2) is 0 Å². The molecule has 0 atom stereocenters. The third-order valence-corrected chi connectivity index (χ3v) is 7.61. The van der Waals surface area contributed by atoms with Gasteiger partial charge in [0.2, 0.25) is 15.9 Å². The number of nitrogens with zero attached hydrogens (tertiary/aromatic N) is 3. The number of sulfonamides is 1. The molecule has 0 radical (unpaired) electrons. The van der Waals surface area contributed by atoms with Gasteiger partial charge in [0.1, 0.15) is 22.3 Å². The van der Waals surface area contributed by atoms with Gasteiger partial charge in [0.05, 0.1) is 11.2 Å².